The number of fused-ring (bicyclic) bond motifs is 5. The summed E-state index contributed by atoms with van der Waals surface area (Å²) in [5.41, 5.74) is 10.5. The smallest absolute Gasteiger partial charge is 0.331 e. The number of esters is 1. The molecule has 2 aromatic heterocycles. The highest BCUT2D eigenvalue weighted by Crippen LogP contribution is 2.40. The Morgan fingerprint density at radius 1 is 1.23 bits per heavy atom. The van der Waals surface area contributed by atoms with Crippen LogP contribution in [0.5, 0.6) is 5.75 Å². The minimum absolute atomic E-state index is 0.0458. The van der Waals surface area contributed by atoms with Gasteiger partial charge in [0.2, 0.25) is 0 Å². The maximum Gasteiger partial charge on any atom is 0.331 e. The number of nitrogens with two attached hydrogens (primary N) is 1. The van der Waals surface area contributed by atoms with Crippen LogP contribution in [0.25, 0.3) is 22.3 Å². The number of hydrogen-bond donors (Lipinski definition) is 1. The summed E-state index contributed by atoms with van der Waals surface area (Å²) in [4.78, 5) is 30.7. The molecule has 0 bridgehead atoms. The molecule has 0 spiro atoms. The number of aromatic nitrogens is 2. The van der Waals surface area contributed by atoms with Crippen molar-refractivity contribution in [2.75, 3.05) is 7.11 Å². The number of cyclic esters (lactones) is 1. The van der Waals surface area contributed by atoms with Gasteiger partial charge in [-0.2, -0.15) is 0 Å². The summed E-state index contributed by atoms with van der Waals surface area (Å²) in [7, 11) is 1.64. The van der Waals surface area contributed by atoms with Gasteiger partial charge in [0, 0.05) is 10.9 Å². The van der Waals surface area contributed by atoms with E-state index in [2.05, 4.69) is 6.92 Å². The highest BCUT2D eigenvalue weighted by molar-refractivity contribution is 5.90. The molecule has 0 amide bonds. The van der Waals surface area contributed by atoms with E-state index in [0.717, 1.165) is 39.9 Å². The molecule has 0 saturated carbocycles. The third kappa shape index (κ3) is 2.32. The minimum Gasteiger partial charge on any atom is -0.497 e. The van der Waals surface area contributed by atoms with E-state index in [0.29, 0.717) is 29.8 Å². The van der Waals surface area contributed by atoms with Crippen LogP contribution in [0.3, 0.4) is 0 Å². The fourth-order valence-corrected chi connectivity index (χ4v) is 4.71. The first kappa shape index (κ1) is 18.8. The fraction of sp³-hybridized carbons (Fsp3) is 0.348. The average Bonchev–Trinajstić information content (AvgIpc) is 3.13. The van der Waals surface area contributed by atoms with Crippen LogP contribution in [-0.4, -0.2) is 22.6 Å². The molecule has 0 saturated heterocycles. The van der Waals surface area contributed by atoms with Crippen LogP contribution in [-0.2, 0) is 34.6 Å². The molecule has 2 aliphatic rings. The molecule has 2 N–H and O–H groups in total. The van der Waals surface area contributed by atoms with Gasteiger partial charge in [-0.1, -0.05) is 13.8 Å². The number of benzene rings is 1. The van der Waals surface area contributed by atoms with Crippen molar-refractivity contribution < 1.29 is 14.3 Å². The standard InChI is InChI=1S/C23H23N3O4/c1-4-13-14-8-12(29-3)6-7-18(14)25-20-15(13)10-26-19(20)9-17-16(21(26)27)11-30-22(28)23(17,24)5-2/h6-9H,4-5,10-11,24H2,1-3H3/t23-/m1/s1. The first-order valence-corrected chi connectivity index (χ1v) is 10.2. The van der Waals surface area contributed by atoms with Crippen molar-refractivity contribution in [1.82, 2.24) is 9.55 Å². The zero-order chi connectivity index (χ0) is 21.2. The van der Waals surface area contributed by atoms with Crippen LogP contribution in [0.2, 0.25) is 0 Å². The highest BCUT2D eigenvalue weighted by atomic mass is 16.5. The molecular weight excluding hydrogens is 382 g/mol. The van der Waals surface area contributed by atoms with Crippen LogP contribution < -0.4 is 16.0 Å². The number of ether oxygens (including phenoxy) is 2. The van der Waals surface area contributed by atoms with Crippen molar-refractivity contribution in [3.05, 3.63) is 56.9 Å². The lowest BCUT2D eigenvalue weighted by atomic mass is 9.83. The summed E-state index contributed by atoms with van der Waals surface area (Å²) in [5.74, 6) is 0.279. The van der Waals surface area contributed by atoms with Crippen molar-refractivity contribution in [3.63, 3.8) is 0 Å². The van der Waals surface area contributed by atoms with Gasteiger partial charge in [-0.3, -0.25) is 4.79 Å². The molecule has 4 heterocycles. The summed E-state index contributed by atoms with van der Waals surface area (Å²) in [6.07, 6.45) is 1.15. The lowest BCUT2D eigenvalue weighted by Crippen LogP contribution is -2.50. The van der Waals surface area contributed by atoms with E-state index in [-0.39, 0.29) is 12.2 Å². The van der Waals surface area contributed by atoms with Gasteiger partial charge in [0.15, 0.2) is 0 Å². The Kier molecular flexibility index (Phi) is 4.02. The molecule has 0 aliphatic carbocycles. The van der Waals surface area contributed by atoms with Gasteiger partial charge in [0.25, 0.3) is 5.56 Å². The predicted molar refractivity (Wildman–Crippen MR) is 112 cm³/mol. The summed E-state index contributed by atoms with van der Waals surface area (Å²) >= 11 is 0. The predicted octanol–water partition coefficient (Wildman–Crippen LogP) is 2.62. The second kappa shape index (κ2) is 6.40. The van der Waals surface area contributed by atoms with E-state index in [9.17, 15) is 9.59 Å². The van der Waals surface area contributed by atoms with E-state index in [4.69, 9.17) is 20.2 Å². The number of rotatable bonds is 3. The monoisotopic (exact) mass is 405 g/mol. The summed E-state index contributed by atoms with van der Waals surface area (Å²) in [6.45, 7) is 4.32. The lowest BCUT2D eigenvalue weighted by Gasteiger charge is -2.32. The third-order valence-corrected chi connectivity index (χ3v) is 6.47. The van der Waals surface area contributed by atoms with Crippen LogP contribution in [0.15, 0.2) is 29.1 Å². The molecule has 7 nitrogen and oxygen atoms in total. The Morgan fingerprint density at radius 2 is 2.03 bits per heavy atom. The molecule has 0 unspecified atom stereocenters. The minimum atomic E-state index is -1.32. The SMILES string of the molecule is CCc1c2c(nc3ccc(OC)cc13)-c1cc3c(c(=O)n1C2)COC(=O)[C@@]3(N)CC. The van der Waals surface area contributed by atoms with E-state index in [1.165, 1.54) is 0 Å². The van der Waals surface area contributed by atoms with Gasteiger partial charge in [0.05, 0.1) is 36.1 Å². The lowest BCUT2D eigenvalue weighted by molar-refractivity contribution is -0.154. The maximum absolute atomic E-state index is 13.3. The topological polar surface area (TPSA) is 96.4 Å². The average molecular weight is 405 g/mol. The number of pyridine rings is 2. The van der Waals surface area contributed by atoms with Crippen LogP contribution in [0, 0.1) is 0 Å². The number of hydrogen-bond acceptors (Lipinski definition) is 6. The van der Waals surface area contributed by atoms with E-state index in [1.54, 1.807) is 11.7 Å². The molecule has 5 rings (SSSR count). The number of carbonyl (C=O) groups excluding carboxylic acids is 1. The number of aryl methyl sites for hydroxylation is 1. The number of methoxy groups -OCH3 is 1. The van der Waals surface area contributed by atoms with Gasteiger partial charge >= 0.3 is 5.97 Å². The molecule has 2 aliphatic heterocycles. The van der Waals surface area contributed by atoms with Crippen LogP contribution in [0.1, 0.15) is 42.5 Å². The third-order valence-electron chi connectivity index (χ3n) is 6.47. The van der Waals surface area contributed by atoms with E-state index < -0.39 is 11.5 Å². The summed E-state index contributed by atoms with van der Waals surface area (Å²) in [6, 6.07) is 7.68. The summed E-state index contributed by atoms with van der Waals surface area (Å²) in [5, 5.41) is 1.03. The Bertz CT molecular complexity index is 1290. The second-order valence-electron chi connectivity index (χ2n) is 7.87. The summed E-state index contributed by atoms with van der Waals surface area (Å²) < 4.78 is 12.4. The molecule has 3 aromatic rings. The van der Waals surface area contributed by atoms with Crippen LogP contribution in [0.4, 0.5) is 0 Å². The number of carbonyl (C=O) groups is 1. The maximum atomic E-state index is 13.3. The first-order valence-electron chi connectivity index (χ1n) is 10.2. The van der Waals surface area contributed by atoms with Crippen LogP contribution >= 0.6 is 0 Å². The first-order chi connectivity index (χ1) is 14.4. The van der Waals surface area contributed by atoms with Gasteiger partial charge in [-0.05, 0) is 48.2 Å². The molecule has 0 radical (unpaired) electrons. The van der Waals surface area contributed by atoms with Crippen molar-refractivity contribution in [1.29, 1.82) is 0 Å². The molecule has 154 valence electrons. The van der Waals surface area contributed by atoms with Gasteiger partial charge < -0.3 is 19.8 Å². The molecular formula is C23H23N3O4. The van der Waals surface area contributed by atoms with Gasteiger partial charge in [-0.25, -0.2) is 9.78 Å². The quantitative estimate of drug-likeness (QED) is 0.527. The van der Waals surface area contributed by atoms with Crippen molar-refractivity contribution in [3.8, 4) is 17.1 Å². The fourth-order valence-electron chi connectivity index (χ4n) is 4.71. The van der Waals surface area contributed by atoms with Gasteiger partial charge in [0.1, 0.15) is 17.9 Å². The van der Waals surface area contributed by atoms with Crippen molar-refractivity contribution in [2.45, 2.75) is 45.4 Å². The Balaban J connectivity index is 1.81. The molecule has 1 aromatic carbocycles. The normalized spacial score (nSPS) is 19.3. The zero-order valence-corrected chi connectivity index (χ0v) is 17.2. The second-order valence-corrected chi connectivity index (χ2v) is 7.87. The largest absolute Gasteiger partial charge is 0.497 e. The molecule has 30 heavy (non-hydrogen) atoms. The molecule has 0 fully saturated rings. The van der Waals surface area contributed by atoms with Crippen molar-refractivity contribution >= 4 is 16.9 Å². The van der Waals surface area contributed by atoms with Gasteiger partial charge in [-0.15, -0.1) is 0 Å². The van der Waals surface area contributed by atoms with Crippen molar-refractivity contribution in [2.24, 2.45) is 5.73 Å². The number of nitrogens with zero attached hydrogens (tertiary/aromatic N) is 2. The highest BCUT2D eigenvalue weighted by Gasteiger charge is 2.44. The Hall–Kier alpha value is -3.19. The Labute approximate surface area is 173 Å². The zero-order valence-electron chi connectivity index (χ0n) is 17.2. The van der Waals surface area contributed by atoms with E-state index >= 15 is 0 Å². The van der Waals surface area contributed by atoms with E-state index in [1.807, 2.05) is 31.2 Å². The molecule has 7 heteroatoms. The molecule has 1 atom stereocenters. The Morgan fingerprint density at radius 3 is 2.73 bits per heavy atom.